The molecule has 98 valence electrons. The van der Waals surface area contributed by atoms with Crippen LogP contribution in [-0.4, -0.2) is 10.9 Å². The number of nitrogens with two attached hydrogens (primary N) is 2. The van der Waals surface area contributed by atoms with Crippen molar-refractivity contribution in [1.29, 1.82) is 0 Å². The van der Waals surface area contributed by atoms with E-state index in [0.29, 0.717) is 13.1 Å². The molecule has 19 heavy (non-hydrogen) atoms. The molecule has 0 saturated carbocycles. The number of nitrogens with zero attached hydrogens (tertiary/aromatic N) is 1. The molecule has 0 spiro atoms. The Kier molecular flexibility index (Phi) is 4.10. The third kappa shape index (κ3) is 3.53. The lowest BCUT2D eigenvalue weighted by molar-refractivity contribution is 0.0995. The first-order valence-corrected chi connectivity index (χ1v) is 5.96. The van der Waals surface area contributed by atoms with Crippen molar-refractivity contribution in [3.8, 4) is 0 Å². The van der Waals surface area contributed by atoms with Crippen molar-refractivity contribution in [3.63, 3.8) is 0 Å². The zero-order chi connectivity index (χ0) is 13.7. The topological polar surface area (TPSA) is 94.0 Å². The molecule has 0 aliphatic heterocycles. The number of nitrogens with one attached hydrogen (secondary N) is 1. The quantitative estimate of drug-likeness (QED) is 0.750. The summed E-state index contributed by atoms with van der Waals surface area (Å²) in [4.78, 5) is 14.9. The zero-order valence-electron chi connectivity index (χ0n) is 10.5. The van der Waals surface area contributed by atoms with Gasteiger partial charge in [-0.1, -0.05) is 24.3 Å². The van der Waals surface area contributed by atoms with Gasteiger partial charge in [-0.3, -0.25) is 9.78 Å². The Bertz CT molecular complexity index is 566. The Morgan fingerprint density at radius 3 is 2.47 bits per heavy atom. The molecule has 2 rings (SSSR count). The molecule has 0 fully saturated rings. The van der Waals surface area contributed by atoms with Gasteiger partial charge in [0.2, 0.25) is 0 Å². The Labute approximate surface area is 111 Å². The highest BCUT2D eigenvalue weighted by Gasteiger charge is 2.02. The van der Waals surface area contributed by atoms with Crippen molar-refractivity contribution in [2.75, 3.05) is 5.32 Å². The largest absolute Gasteiger partial charge is 0.381 e. The van der Waals surface area contributed by atoms with Crippen LogP contribution in [0.25, 0.3) is 0 Å². The second kappa shape index (κ2) is 5.97. The molecule has 1 aromatic carbocycles. The molecule has 1 heterocycles. The lowest BCUT2D eigenvalue weighted by Crippen LogP contribution is -2.13. The van der Waals surface area contributed by atoms with E-state index in [1.54, 1.807) is 18.3 Å². The molecular weight excluding hydrogens is 240 g/mol. The van der Waals surface area contributed by atoms with E-state index in [1.165, 1.54) is 0 Å². The maximum atomic E-state index is 11.0. The van der Waals surface area contributed by atoms with Crippen LogP contribution >= 0.6 is 0 Å². The Balaban J connectivity index is 2.01. The van der Waals surface area contributed by atoms with E-state index in [-0.39, 0.29) is 5.69 Å². The van der Waals surface area contributed by atoms with Crippen LogP contribution in [0.5, 0.6) is 0 Å². The van der Waals surface area contributed by atoms with Gasteiger partial charge >= 0.3 is 0 Å². The molecule has 0 radical (unpaired) electrons. The number of amides is 1. The maximum Gasteiger partial charge on any atom is 0.267 e. The van der Waals surface area contributed by atoms with Gasteiger partial charge in [0, 0.05) is 25.0 Å². The predicted molar refractivity (Wildman–Crippen MR) is 74.4 cm³/mol. The number of benzene rings is 1. The highest BCUT2D eigenvalue weighted by molar-refractivity contribution is 5.91. The number of anilines is 1. The number of primary amides is 1. The Morgan fingerprint density at radius 2 is 1.84 bits per heavy atom. The molecular formula is C14H16N4O. The normalized spacial score (nSPS) is 10.2. The minimum atomic E-state index is -0.532. The van der Waals surface area contributed by atoms with E-state index in [2.05, 4.69) is 10.3 Å². The fraction of sp³-hybridized carbons (Fsp3) is 0.143. The number of carbonyl (C=O) groups excluding carboxylic acids is 1. The van der Waals surface area contributed by atoms with Gasteiger partial charge in [0.15, 0.2) is 0 Å². The molecule has 5 N–H and O–H groups in total. The minimum absolute atomic E-state index is 0.253. The van der Waals surface area contributed by atoms with E-state index in [9.17, 15) is 4.79 Å². The molecule has 5 nitrogen and oxygen atoms in total. The summed E-state index contributed by atoms with van der Waals surface area (Å²) in [6.07, 6.45) is 1.56. The monoisotopic (exact) mass is 256 g/mol. The van der Waals surface area contributed by atoms with Gasteiger partial charge in [-0.25, -0.2) is 0 Å². The Morgan fingerprint density at radius 1 is 1.16 bits per heavy atom. The molecule has 0 bridgehead atoms. The van der Waals surface area contributed by atoms with E-state index in [4.69, 9.17) is 11.5 Å². The molecule has 1 aromatic heterocycles. The first kappa shape index (κ1) is 13.0. The van der Waals surface area contributed by atoms with Crippen molar-refractivity contribution >= 4 is 11.6 Å². The second-order valence-corrected chi connectivity index (χ2v) is 4.17. The predicted octanol–water partition coefficient (Wildman–Crippen LogP) is 1.25. The van der Waals surface area contributed by atoms with Crippen LogP contribution in [0.3, 0.4) is 0 Å². The highest BCUT2D eigenvalue weighted by atomic mass is 16.1. The second-order valence-electron chi connectivity index (χ2n) is 4.17. The highest BCUT2D eigenvalue weighted by Crippen LogP contribution is 2.10. The van der Waals surface area contributed by atoms with Crippen molar-refractivity contribution < 1.29 is 4.79 Å². The Hall–Kier alpha value is -2.40. The van der Waals surface area contributed by atoms with Gasteiger partial charge in [0.25, 0.3) is 5.91 Å². The van der Waals surface area contributed by atoms with Crippen LogP contribution in [0.4, 0.5) is 5.69 Å². The van der Waals surface area contributed by atoms with E-state index < -0.39 is 5.91 Å². The fourth-order valence-corrected chi connectivity index (χ4v) is 1.67. The summed E-state index contributed by atoms with van der Waals surface area (Å²) in [7, 11) is 0. The molecule has 0 saturated heterocycles. The maximum absolute atomic E-state index is 11.0. The van der Waals surface area contributed by atoms with Gasteiger partial charge in [0.05, 0.1) is 0 Å². The van der Waals surface area contributed by atoms with Gasteiger partial charge in [-0.15, -0.1) is 0 Å². The first-order chi connectivity index (χ1) is 9.19. The summed E-state index contributed by atoms with van der Waals surface area (Å²) in [5, 5.41) is 3.21. The van der Waals surface area contributed by atoms with Gasteiger partial charge in [0.1, 0.15) is 5.69 Å². The smallest absolute Gasteiger partial charge is 0.267 e. The number of carbonyl (C=O) groups is 1. The summed E-state index contributed by atoms with van der Waals surface area (Å²) in [5.41, 5.74) is 14.0. The number of rotatable bonds is 5. The lowest BCUT2D eigenvalue weighted by Gasteiger charge is -2.07. The molecule has 2 aromatic rings. The first-order valence-electron chi connectivity index (χ1n) is 5.96. The van der Waals surface area contributed by atoms with E-state index >= 15 is 0 Å². The fourth-order valence-electron chi connectivity index (χ4n) is 1.67. The SMILES string of the molecule is NCc1ccc(CNc2ccnc(C(N)=O)c2)cc1. The van der Waals surface area contributed by atoms with Crippen LogP contribution in [0.2, 0.25) is 0 Å². The number of pyridine rings is 1. The number of aromatic nitrogens is 1. The molecule has 0 unspecified atom stereocenters. The zero-order valence-corrected chi connectivity index (χ0v) is 10.5. The van der Waals surface area contributed by atoms with Crippen LogP contribution < -0.4 is 16.8 Å². The third-order valence-electron chi connectivity index (χ3n) is 2.77. The van der Waals surface area contributed by atoms with Gasteiger partial charge in [-0.2, -0.15) is 0 Å². The van der Waals surface area contributed by atoms with Gasteiger partial charge in [-0.05, 0) is 23.3 Å². The molecule has 5 heteroatoms. The molecule has 0 aliphatic rings. The summed E-state index contributed by atoms with van der Waals surface area (Å²) in [6.45, 7) is 1.20. The van der Waals surface area contributed by atoms with E-state index in [1.807, 2.05) is 24.3 Å². The summed E-state index contributed by atoms with van der Waals surface area (Å²) in [5.74, 6) is -0.532. The van der Waals surface area contributed by atoms with Crippen molar-refractivity contribution in [2.24, 2.45) is 11.5 Å². The average Bonchev–Trinajstić information content (AvgIpc) is 2.46. The molecule has 1 amide bonds. The summed E-state index contributed by atoms with van der Waals surface area (Å²) >= 11 is 0. The van der Waals surface area contributed by atoms with Gasteiger partial charge < -0.3 is 16.8 Å². The van der Waals surface area contributed by atoms with Crippen LogP contribution in [-0.2, 0) is 13.1 Å². The van der Waals surface area contributed by atoms with Crippen LogP contribution in [0.1, 0.15) is 21.6 Å². The van der Waals surface area contributed by atoms with Crippen molar-refractivity contribution in [1.82, 2.24) is 4.98 Å². The molecule has 0 aliphatic carbocycles. The van der Waals surface area contributed by atoms with Crippen LogP contribution in [0, 0.1) is 0 Å². The minimum Gasteiger partial charge on any atom is -0.381 e. The third-order valence-corrected chi connectivity index (χ3v) is 2.77. The van der Waals surface area contributed by atoms with Crippen molar-refractivity contribution in [2.45, 2.75) is 13.1 Å². The summed E-state index contributed by atoms with van der Waals surface area (Å²) in [6, 6.07) is 11.5. The average molecular weight is 256 g/mol. The lowest BCUT2D eigenvalue weighted by atomic mass is 10.1. The standard InChI is InChI=1S/C14H16N4O/c15-8-10-1-3-11(4-2-10)9-18-12-5-6-17-13(7-12)14(16)19/h1-7H,8-9,15H2,(H2,16,19)(H,17,18). The van der Waals surface area contributed by atoms with Crippen LogP contribution in [0.15, 0.2) is 42.6 Å². The van der Waals surface area contributed by atoms with Crippen molar-refractivity contribution in [3.05, 3.63) is 59.4 Å². The number of hydrogen-bond donors (Lipinski definition) is 3. The summed E-state index contributed by atoms with van der Waals surface area (Å²) < 4.78 is 0. The number of hydrogen-bond acceptors (Lipinski definition) is 4. The molecule has 0 atom stereocenters. The van der Waals surface area contributed by atoms with E-state index in [0.717, 1.165) is 16.8 Å².